The maximum atomic E-state index is 12.5. The van der Waals surface area contributed by atoms with Crippen molar-refractivity contribution in [3.8, 4) is 11.5 Å². The summed E-state index contributed by atoms with van der Waals surface area (Å²) in [7, 11) is 1.72. The molecule has 0 fully saturated rings. The fraction of sp³-hybridized carbons (Fsp3) is 0.136. The average molecular weight is 446 g/mol. The molecule has 32 heavy (non-hydrogen) atoms. The summed E-state index contributed by atoms with van der Waals surface area (Å²) in [6.45, 7) is 0.211. The number of rotatable bonds is 6. The molecule has 0 aliphatic rings. The van der Waals surface area contributed by atoms with E-state index in [-0.39, 0.29) is 24.4 Å². The van der Waals surface area contributed by atoms with E-state index in [4.69, 9.17) is 4.74 Å². The number of benzene rings is 2. The van der Waals surface area contributed by atoms with Crippen molar-refractivity contribution < 1.29 is 9.53 Å². The first-order valence-electron chi connectivity index (χ1n) is 9.87. The van der Waals surface area contributed by atoms with Gasteiger partial charge in [0.15, 0.2) is 10.8 Å². The lowest BCUT2D eigenvalue weighted by Crippen LogP contribution is -2.23. The number of carbonyl (C=O) groups is 1. The number of thiazole rings is 1. The number of ether oxygens (including phenoxy) is 1. The summed E-state index contributed by atoms with van der Waals surface area (Å²) in [6.07, 6.45) is 3.04. The number of hydrogen-bond donors (Lipinski definition) is 1. The smallest absolute Gasteiger partial charge is 0.264 e. The zero-order chi connectivity index (χ0) is 22.1. The Morgan fingerprint density at radius 1 is 1.16 bits per heavy atom. The Hall–Kier alpha value is -4.05. The fourth-order valence-electron chi connectivity index (χ4n) is 3.28. The average Bonchev–Trinajstić information content (AvgIpc) is 3.37. The standard InChI is InChI=1S/C22H18N6O3S/c1-27-20-16(12-24-27)21(30)28(13-23-20)10-9-19(29)26-22-25-17-8-7-15(11-18(17)32-22)31-14-5-3-2-4-6-14/h2-8,11-13H,9-10H2,1H3,(H,25,26,29). The van der Waals surface area contributed by atoms with E-state index in [2.05, 4.69) is 20.4 Å². The minimum atomic E-state index is -0.233. The number of para-hydroxylation sites is 1. The van der Waals surface area contributed by atoms with E-state index >= 15 is 0 Å². The van der Waals surface area contributed by atoms with Gasteiger partial charge in [-0.25, -0.2) is 9.97 Å². The lowest BCUT2D eigenvalue weighted by Gasteiger charge is -2.05. The number of nitrogens with zero attached hydrogens (tertiary/aromatic N) is 5. The molecule has 0 saturated heterocycles. The summed E-state index contributed by atoms with van der Waals surface area (Å²) in [5, 5.41) is 7.77. The van der Waals surface area contributed by atoms with Crippen LogP contribution in [0.25, 0.3) is 21.3 Å². The lowest BCUT2D eigenvalue weighted by molar-refractivity contribution is -0.116. The number of carbonyl (C=O) groups excluding carboxylic acids is 1. The second-order valence-corrected chi connectivity index (χ2v) is 8.14. The first-order valence-corrected chi connectivity index (χ1v) is 10.7. The van der Waals surface area contributed by atoms with Crippen LogP contribution >= 0.6 is 11.3 Å². The number of fused-ring (bicyclic) bond motifs is 2. The minimum Gasteiger partial charge on any atom is -0.457 e. The third-order valence-electron chi connectivity index (χ3n) is 4.88. The molecule has 5 aromatic rings. The number of hydrogen-bond acceptors (Lipinski definition) is 7. The van der Waals surface area contributed by atoms with Gasteiger partial charge in [0.25, 0.3) is 5.56 Å². The van der Waals surface area contributed by atoms with Crippen LogP contribution in [0, 0.1) is 0 Å². The normalized spacial score (nSPS) is 11.2. The van der Waals surface area contributed by atoms with Crippen molar-refractivity contribution in [2.45, 2.75) is 13.0 Å². The van der Waals surface area contributed by atoms with Crippen LogP contribution in [0.4, 0.5) is 5.13 Å². The maximum absolute atomic E-state index is 12.5. The molecule has 1 amide bonds. The minimum absolute atomic E-state index is 0.117. The van der Waals surface area contributed by atoms with Crippen molar-refractivity contribution in [3.63, 3.8) is 0 Å². The third kappa shape index (κ3) is 3.95. The van der Waals surface area contributed by atoms with E-state index in [1.807, 2.05) is 48.5 Å². The number of aromatic nitrogens is 5. The predicted molar refractivity (Wildman–Crippen MR) is 122 cm³/mol. The van der Waals surface area contributed by atoms with E-state index in [0.29, 0.717) is 21.9 Å². The van der Waals surface area contributed by atoms with Crippen molar-refractivity contribution >= 4 is 43.6 Å². The molecule has 3 aromatic heterocycles. The predicted octanol–water partition coefficient (Wildman–Crippen LogP) is 3.56. The Kier molecular flexibility index (Phi) is 5.12. The molecule has 0 bridgehead atoms. The summed E-state index contributed by atoms with van der Waals surface area (Å²) in [5.41, 5.74) is 1.07. The summed E-state index contributed by atoms with van der Waals surface area (Å²) in [5.74, 6) is 1.21. The Morgan fingerprint density at radius 2 is 2.00 bits per heavy atom. The van der Waals surface area contributed by atoms with E-state index in [0.717, 1.165) is 16.0 Å². The number of amides is 1. The molecule has 0 atom stereocenters. The summed E-state index contributed by atoms with van der Waals surface area (Å²) in [4.78, 5) is 33.6. The molecule has 10 heteroatoms. The molecule has 0 saturated carbocycles. The highest BCUT2D eigenvalue weighted by Crippen LogP contribution is 2.31. The van der Waals surface area contributed by atoms with Crippen LogP contribution in [0.1, 0.15) is 6.42 Å². The summed E-state index contributed by atoms with van der Waals surface area (Å²) >= 11 is 1.36. The Labute approximate surface area is 185 Å². The van der Waals surface area contributed by atoms with E-state index in [1.54, 1.807) is 7.05 Å². The second kappa shape index (κ2) is 8.23. The van der Waals surface area contributed by atoms with Gasteiger partial charge in [-0.3, -0.25) is 18.8 Å². The van der Waals surface area contributed by atoms with Gasteiger partial charge < -0.3 is 10.1 Å². The molecule has 0 spiro atoms. The lowest BCUT2D eigenvalue weighted by atomic mass is 10.3. The van der Waals surface area contributed by atoms with Crippen LogP contribution in [-0.2, 0) is 18.4 Å². The Morgan fingerprint density at radius 3 is 2.84 bits per heavy atom. The molecule has 1 N–H and O–H groups in total. The summed E-state index contributed by atoms with van der Waals surface area (Å²) in [6, 6.07) is 15.1. The first-order chi connectivity index (χ1) is 15.6. The fourth-order valence-corrected chi connectivity index (χ4v) is 4.19. The molecule has 2 aromatic carbocycles. The molecule has 0 unspecified atom stereocenters. The zero-order valence-electron chi connectivity index (χ0n) is 17.1. The van der Waals surface area contributed by atoms with Gasteiger partial charge in [0.05, 0.1) is 22.7 Å². The van der Waals surface area contributed by atoms with Gasteiger partial charge in [-0.15, -0.1) is 0 Å². The largest absolute Gasteiger partial charge is 0.457 e. The van der Waals surface area contributed by atoms with Crippen LogP contribution < -0.4 is 15.6 Å². The molecular weight excluding hydrogens is 428 g/mol. The van der Waals surface area contributed by atoms with Crippen LogP contribution in [0.15, 0.2) is 65.8 Å². The van der Waals surface area contributed by atoms with Crippen LogP contribution in [0.5, 0.6) is 11.5 Å². The quantitative estimate of drug-likeness (QED) is 0.428. The van der Waals surface area contributed by atoms with Gasteiger partial charge in [0.1, 0.15) is 16.9 Å². The van der Waals surface area contributed by atoms with Crippen LogP contribution in [-0.4, -0.2) is 30.2 Å². The molecule has 0 aliphatic heterocycles. The molecule has 5 rings (SSSR count). The molecule has 0 radical (unpaired) electrons. The SMILES string of the molecule is Cn1ncc2c(=O)n(CCC(=O)Nc3nc4ccc(Oc5ccccc5)cc4s3)cnc21. The van der Waals surface area contributed by atoms with Gasteiger partial charge in [0, 0.05) is 26.1 Å². The van der Waals surface area contributed by atoms with Gasteiger partial charge in [-0.05, 0) is 24.3 Å². The van der Waals surface area contributed by atoms with Crippen LogP contribution in [0.2, 0.25) is 0 Å². The highest BCUT2D eigenvalue weighted by atomic mass is 32.1. The highest BCUT2D eigenvalue weighted by molar-refractivity contribution is 7.22. The van der Waals surface area contributed by atoms with Crippen LogP contribution in [0.3, 0.4) is 0 Å². The van der Waals surface area contributed by atoms with Crippen molar-refractivity contribution in [2.24, 2.45) is 7.05 Å². The van der Waals surface area contributed by atoms with Gasteiger partial charge in [-0.2, -0.15) is 5.10 Å². The van der Waals surface area contributed by atoms with E-state index < -0.39 is 0 Å². The molecular formula is C22H18N6O3S. The highest BCUT2D eigenvalue weighted by Gasteiger charge is 2.12. The topological polar surface area (TPSA) is 104 Å². The molecule has 160 valence electrons. The number of nitrogens with one attached hydrogen (secondary N) is 1. The molecule has 3 heterocycles. The van der Waals surface area contributed by atoms with Crippen molar-refractivity contribution in [1.82, 2.24) is 24.3 Å². The Bertz CT molecular complexity index is 1490. The van der Waals surface area contributed by atoms with E-state index in [9.17, 15) is 9.59 Å². The van der Waals surface area contributed by atoms with Crippen molar-refractivity contribution in [3.05, 3.63) is 71.4 Å². The van der Waals surface area contributed by atoms with E-state index in [1.165, 1.54) is 33.1 Å². The van der Waals surface area contributed by atoms with Gasteiger partial charge >= 0.3 is 0 Å². The summed E-state index contributed by atoms with van der Waals surface area (Å²) < 4.78 is 9.70. The zero-order valence-corrected chi connectivity index (χ0v) is 17.9. The molecule has 9 nitrogen and oxygen atoms in total. The Balaban J connectivity index is 1.25. The monoisotopic (exact) mass is 446 g/mol. The van der Waals surface area contributed by atoms with Gasteiger partial charge in [0.2, 0.25) is 5.91 Å². The maximum Gasteiger partial charge on any atom is 0.264 e. The van der Waals surface area contributed by atoms with Gasteiger partial charge in [-0.1, -0.05) is 29.5 Å². The second-order valence-electron chi connectivity index (χ2n) is 7.11. The van der Waals surface area contributed by atoms with Crippen molar-refractivity contribution in [1.29, 1.82) is 0 Å². The number of aryl methyl sites for hydroxylation is 2. The number of anilines is 1. The molecule has 0 aliphatic carbocycles. The third-order valence-corrected chi connectivity index (χ3v) is 5.82. The van der Waals surface area contributed by atoms with Crippen molar-refractivity contribution in [2.75, 3.05) is 5.32 Å². The first kappa shape index (κ1) is 19.9.